The van der Waals surface area contributed by atoms with Crippen molar-refractivity contribution in [2.75, 3.05) is 19.5 Å². The highest BCUT2D eigenvalue weighted by atomic mass is 16.5. The molecular weight excluding hydrogens is 322 g/mol. The molecular formula is C22H23N3O. The van der Waals surface area contributed by atoms with E-state index in [9.17, 15) is 0 Å². The van der Waals surface area contributed by atoms with Crippen molar-refractivity contribution in [3.8, 4) is 16.9 Å². The van der Waals surface area contributed by atoms with Crippen molar-refractivity contribution in [3.63, 3.8) is 0 Å². The Morgan fingerprint density at radius 2 is 1.92 bits per heavy atom. The van der Waals surface area contributed by atoms with Crippen LogP contribution in [0.15, 0.2) is 72.0 Å². The van der Waals surface area contributed by atoms with Gasteiger partial charge in [-0.05, 0) is 59.5 Å². The monoisotopic (exact) mass is 345 g/mol. The van der Waals surface area contributed by atoms with E-state index in [-0.39, 0.29) is 0 Å². The van der Waals surface area contributed by atoms with E-state index in [2.05, 4.69) is 52.5 Å². The standard InChI is InChI=1S/C22H23N3O/c1-4-16-13-18(17-7-5-9-20(14-17)26-3)10-11-21(16)25-22(23-2)19-8-6-12-24-15-19/h5-15H,4H2,1-3H3,(H,23,25). The number of hydrogen-bond donors (Lipinski definition) is 1. The summed E-state index contributed by atoms with van der Waals surface area (Å²) < 4.78 is 5.34. The van der Waals surface area contributed by atoms with Gasteiger partial charge in [-0.15, -0.1) is 0 Å². The number of pyridine rings is 1. The molecule has 1 aromatic heterocycles. The van der Waals surface area contributed by atoms with Crippen LogP contribution >= 0.6 is 0 Å². The van der Waals surface area contributed by atoms with Gasteiger partial charge in [-0.25, -0.2) is 0 Å². The predicted molar refractivity (Wildman–Crippen MR) is 108 cm³/mol. The van der Waals surface area contributed by atoms with Crippen molar-refractivity contribution in [2.24, 2.45) is 4.99 Å². The van der Waals surface area contributed by atoms with Gasteiger partial charge < -0.3 is 10.1 Å². The number of hydrogen-bond acceptors (Lipinski definition) is 3. The van der Waals surface area contributed by atoms with Gasteiger partial charge in [0.05, 0.1) is 7.11 Å². The maximum atomic E-state index is 5.34. The summed E-state index contributed by atoms with van der Waals surface area (Å²) in [5.41, 5.74) is 5.57. The lowest BCUT2D eigenvalue weighted by atomic mass is 10.00. The van der Waals surface area contributed by atoms with Crippen LogP contribution in [0.25, 0.3) is 11.1 Å². The minimum absolute atomic E-state index is 0.807. The number of nitrogens with one attached hydrogen (secondary N) is 1. The molecule has 0 radical (unpaired) electrons. The Kier molecular flexibility index (Phi) is 5.64. The molecule has 4 nitrogen and oxygen atoms in total. The molecule has 0 fully saturated rings. The molecule has 2 aromatic carbocycles. The van der Waals surface area contributed by atoms with Crippen molar-refractivity contribution in [3.05, 3.63) is 78.1 Å². The van der Waals surface area contributed by atoms with Gasteiger partial charge in [0.1, 0.15) is 11.6 Å². The molecule has 3 rings (SSSR count). The first kappa shape index (κ1) is 17.7. The zero-order valence-corrected chi connectivity index (χ0v) is 15.4. The van der Waals surface area contributed by atoms with Crippen LogP contribution in [-0.2, 0) is 6.42 Å². The Balaban J connectivity index is 1.92. The Morgan fingerprint density at radius 3 is 2.62 bits per heavy atom. The predicted octanol–water partition coefficient (Wildman–Crippen LogP) is 4.81. The van der Waals surface area contributed by atoms with Gasteiger partial charge in [0.2, 0.25) is 0 Å². The first-order chi connectivity index (χ1) is 12.7. The normalized spacial score (nSPS) is 11.3. The fourth-order valence-electron chi connectivity index (χ4n) is 2.88. The lowest BCUT2D eigenvalue weighted by molar-refractivity contribution is 0.415. The molecule has 0 spiro atoms. The fourth-order valence-corrected chi connectivity index (χ4v) is 2.88. The third-order valence-corrected chi connectivity index (χ3v) is 4.30. The molecule has 132 valence electrons. The van der Waals surface area contributed by atoms with E-state index in [1.807, 2.05) is 30.5 Å². The van der Waals surface area contributed by atoms with Crippen molar-refractivity contribution in [1.29, 1.82) is 0 Å². The van der Waals surface area contributed by atoms with E-state index >= 15 is 0 Å². The molecule has 0 unspecified atom stereocenters. The molecule has 3 aromatic rings. The van der Waals surface area contributed by atoms with Crippen molar-refractivity contribution in [2.45, 2.75) is 13.3 Å². The fraction of sp³-hybridized carbons (Fsp3) is 0.182. The number of aliphatic imine (C=N–C) groups is 1. The lowest BCUT2D eigenvalue weighted by Gasteiger charge is -2.15. The van der Waals surface area contributed by atoms with Crippen LogP contribution in [0.3, 0.4) is 0 Å². The third-order valence-electron chi connectivity index (χ3n) is 4.30. The second kappa shape index (κ2) is 8.30. The van der Waals surface area contributed by atoms with E-state index in [0.717, 1.165) is 34.8 Å². The second-order valence-electron chi connectivity index (χ2n) is 5.90. The van der Waals surface area contributed by atoms with Gasteiger partial charge in [0, 0.05) is 30.7 Å². The van der Waals surface area contributed by atoms with Gasteiger partial charge in [-0.3, -0.25) is 9.98 Å². The van der Waals surface area contributed by atoms with Crippen LogP contribution in [-0.4, -0.2) is 25.0 Å². The lowest BCUT2D eigenvalue weighted by Crippen LogP contribution is -2.15. The Bertz CT molecular complexity index is 904. The molecule has 0 bridgehead atoms. The number of nitrogens with zero attached hydrogens (tertiary/aromatic N) is 2. The number of rotatable bonds is 5. The number of ether oxygens (including phenoxy) is 1. The molecule has 0 aliphatic carbocycles. The Morgan fingerprint density at radius 1 is 1.08 bits per heavy atom. The summed E-state index contributed by atoms with van der Waals surface area (Å²) in [6.07, 6.45) is 4.49. The second-order valence-corrected chi connectivity index (χ2v) is 5.90. The molecule has 0 saturated carbocycles. The topological polar surface area (TPSA) is 46.5 Å². The third kappa shape index (κ3) is 3.91. The summed E-state index contributed by atoms with van der Waals surface area (Å²) in [4.78, 5) is 8.56. The summed E-state index contributed by atoms with van der Waals surface area (Å²) >= 11 is 0. The molecule has 0 aliphatic rings. The highest BCUT2D eigenvalue weighted by molar-refractivity contribution is 6.08. The summed E-state index contributed by atoms with van der Waals surface area (Å²) in [5.74, 6) is 1.67. The summed E-state index contributed by atoms with van der Waals surface area (Å²) in [5, 5.41) is 3.45. The molecule has 26 heavy (non-hydrogen) atoms. The highest BCUT2D eigenvalue weighted by Gasteiger charge is 2.09. The minimum Gasteiger partial charge on any atom is -0.497 e. The van der Waals surface area contributed by atoms with E-state index in [0.29, 0.717) is 0 Å². The van der Waals surface area contributed by atoms with E-state index < -0.39 is 0 Å². The van der Waals surface area contributed by atoms with E-state index in [1.54, 1.807) is 20.4 Å². The molecule has 0 aliphatic heterocycles. The molecule has 1 heterocycles. The van der Waals surface area contributed by atoms with Crippen LogP contribution in [0.5, 0.6) is 5.75 Å². The molecule has 0 amide bonds. The van der Waals surface area contributed by atoms with Crippen LogP contribution in [0, 0.1) is 0 Å². The van der Waals surface area contributed by atoms with Gasteiger partial charge >= 0.3 is 0 Å². The minimum atomic E-state index is 0.807. The van der Waals surface area contributed by atoms with Crippen LogP contribution < -0.4 is 10.1 Å². The van der Waals surface area contributed by atoms with Crippen molar-refractivity contribution in [1.82, 2.24) is 4.98 Å². The quantitative estimate of drug-likeness (QED) is 0.533. The zero-order valence-electron chi connectivity index (χ0n) is 15.4. The molecule has 4 heteroatoms. The number of aryl methyl sites for hydroxylation is 1. The van der Waals surface area contributed by atoms with Gasteiger partial charge in [0.25, 0.3) is 0 Å². The molecule has 1 N–H and O–H groups in total. The molecule has 0 saturated heterocycles. The summed E-state index contributed by atoms with van der Waals surface area (Å²) in [7, 11) is 3.47. The molecule has 0 atom stereocenters. The largest absolute Gasteiger partial charge is 0.497 e. The van der Waals surface area contributed by atoms with E-state index in [1.165, 1.54) is 11.1 Å². The van der Waals surface area contributed by atoms with Crippen LogP contribution in [0.1, 0.15) is 18.1 Å². The number of benzene rings is 2. The SMILES string of the molecule is CCc1cc(-c2cccc(OC)c2)ccc1NC(=NC)c1cccnc1. The number of anilines is 1. The van der Waals surface area contributed by atoms with Gasteiger partial charge in [-0.2, -0.15) is 0 Å². The zero-order chi connectivity index (χ0) is 18.4. The van der Waals surface area contributed by atoms with Crippen LogP contribution in [0.4, 0.5) is 5.69 Å². The smallest absolute Gasteiger partial charge is 0.134 e. The highest BCUT2D eigenvalue weighted by Crippen LogP contribution is 2.28. The average Bonchev–Trinajstić information content (AvgIpc) is 2.72. The van der Waals surface area contributed by atoms with Crippen molar-refractivity contribution < 1.29 is 4.74 Å². The number of methoxy groups -OCH3 is 1. The van der Waals surface area contributed by atoms with Gasteiger partial charge in [0.15, 0.2) is 0 Å². The maximum absolute atomic E-state index is 5.34. The summed E-state index contributed by atoms with van der Waals surface area (Å²) in [6, 6.07) is 18.5. The summed E-state index contributed by atoms with van der Waals surface area (Å²) in [6.45, 7) is 2.16. The van der Waals surface area contributed by atoms with Crippen LogP contribution in [0.2, 0.25) is 0 Å². The van der Waals surface area contributed by atoms with Gasteiger partial charge in [-0.1, -0.05) is 25.1 Å². The van der Waals surface area contributed by atoms with E-state index in [4.69, 9.17) is 4.74 Å². The van der Waals surface area contributed by atoms with Crippen molar-refractivity contribution >= 4 is 11.5 Å². The number of amidine groups is 1. The average molecular weight is 345 g/mol. The Hall–Kier alpha value is -3.14. The first-order valence-corrected chi connectivity index (χ1v) is 8.66. The first-order valence-electron chi connectivity index (χ1n) is 8.66. The maximum Gasteiger partial charge on any atom is 0.134 e. The number of aromatic nitrogens is 1. The Labute approximate surface area is 154 Å².